The first kappa shape index (κ1) is 16.2. The van der Waals surface area contributed by atoms with E-state index in [1.165, 1.54) is 12.1 Å². The molecular weight excluding hydrogens is 291 g/mol. The third-order valence-corrected chi connectivity index (χ3v) is 4.22. The smallest absolute Gasteiger partial charge is 0.255 e. The molecular formula is C16H22ClFN2O. The largest absolute Gasteiger partial charge is 0.338 e. The Morgan fingerprint density at radius 1 is 1.52 bits per heavy atom. The Labute approximate surface area is 130 Å². The van der Waals surface area contributed by atoms with Crippen molar-refractivity contribution in [3.8, 4) is 0 Å². The topological polar surface area (TPSA) is 32.3 Å². The lowest BCUT2D eigenvalue weighted by atomic mass is 9.98. The first-order valence-electron chi connectivity index (χ1n) is 7.57. The lowest BCUT2D eigenvalue weighted by Gasteiger charge is -2.30. The zero-order valence-corrected chi connectivity index (χ0v) is 13.1. The summed E-state index contributed by atoms with van der Waals surface area (Å²) in [6.07, 6.45) is 3.13. The van der Waals surface area contributed by atoms with Crippen molar-refractivity contribution in [3.05, 3.63) is 34.6 Å². The van der Waals surface area contributed by atoms with Crippen LogP contribution in [0.1, 0.15) is 36.5 Å². The van der Waals surface area contributed by atoms with Crippen molar-refractivity contribution in [1.82, 2.24) is 10.2 Å². The van der Waals surface area contributed by atoms with Crippen LogP contribution in [-0.2, 0) is 0 Å². The maximum absolute atomic E-state index is 13.5. The normalized spacial score (nSPS) is 18.5. The summed E-state index contributed by atoms with van der Waals surface area (Å²) in [5.41, 5.74) is 0.258. The van der Waals surface area contributed by atoms with Crippen LogP contribution in [0, 0.1) is 11.7 Å². The fraction of sp³-hybridized carbons (Fsp3) is 0.562. The molecule has 1 unspecified atom stereocenters. The van der Waals surface area contributed by atoms with Gasteiger partial charge >= 0.3 is 0 Å². The third kappa shape index (κ3) is 4.17. The van der Waals surface area contributed by atoms with Crippen LogP contribution >= 0.6 is 11.6 Å². The molecule has 1 amide bonds. The molecule has 1 atom stereocenters. The Kier molecular flexibility index (Phi) is 6.00. The number of carbonyl (C=O) groups is 1. The van der Waals surface area contributed by atoms with E-state index in [9.17, 15) is 9.18 Å². The predicted octanol–water partition coefficient (Wildman–Crippen LogP) is 3.33. The van der Waals surface area contributed by atoms with E-state index in [0.717, 1.165) is 32.4 Å². The van der Waals surface area contributed by atoms with Gasteiger partial charge in [0, 0.05) is 13.1 Å². The molecule has 0 radical (unpaired) electrons. The van der Waals surface area contributed by atoms with Gasteiger partial charge in [-0.3, -0.25) is 4.79 Å². The monoisotopic (exact) mass is 312 g/mol. The average Bonchev–Trinajstić information content (AvgIpc) is 2.50. The molecule has 1 N–H and O–H groups in total. The van der Waals surface area contributed by atoms with Crippen LogP contribution in [0.3, 0.4) is 0 Å². The van der Waals surface area contributed by atoms with Crippen molar-refractivity contribution in [3.63, 3.8) is 0 Å². The number of benzene rings is 1. The third-order valence-electron chi connectivity index (χ3n) is 3.84. The van der Waals surface area contributed by atoms with Gasteiger partial charge in [0.05, 0.1) is 10.6 Å². The highest BCUT2D eigenvalue weighted by molar-refractivity contribution is 6.34. The quantitative estimate of drug-likeness (QED) is 0.904. The molecule has 1 aliphatic heterocycles. The van der Waals surface area contributed by atoms with Gasteiger partial charge in [0.2, 0.25) is 0 Å². The molecule has 21 heavy (non-hydrogen) atoms. The molecule has 5 heteroatoms. The lowest BCUT2D eigenvalue weighted by Crippen LogP contribution is -2.41. The number of rotatable bonds is 5. The van der Waals surface area contributed by atoms with E-state index in [1.807, 2.05) is 6.92 Å². The molecule has 1 aromatic carbocycles. The van der Waals surface area contributed by atoms with Gasteiger partial charge in [0.25, 0.3) is 5.91 Å². The molecule has 1 fully saturated rings. The average molecular weight is 313 g/mol. The molecule has 1 aliphatic rings. The van der Waals surface area contributed by atoms with Gasteiger partial charge in [-0.1, -0.05) is 24.6 Å². The summed E-state index contributed by atoms with van der Waals surface area (Å²) in [4.78, 5) is 14.4. The molecule has 1 heterocycles. The van der Waals surface area contributed by atoms with Crippen LogP contribution in [0.25, 0.3) is 0 Å². The van der Waals surface area contributed by atoms with E-state index in [0.29, 0.717) is 19.0 Å². The number of hydrogen-bond donors (Lipinski definition) is 1. The number of nitrogens with one attached hydrogen (secondary N) is 1. The Morgan fingerprint density at radius 2 is 2.33 bits per heavy atom. The molecule has 3 nitrogen and oxygen atoms in total. The minimum absolute atomic E-state index is 0.0784. The van der Waals surface area contributed by atoms with Crippen molar-refractivity contribution < 1.29 is 9.18 Å². The minimum atomic E-state index is -0.543. The SMILES string of the molecule is CCCN(CC1CCCNC1)C(=O)c1cccc(F)c1Cl. The molecule has 116 valence electrons. The number of nitrogens with zero attached hydrogens (tertiary/aromatic N) is 1. The Balaban J connectivity index is 2.12. The second-order valence-corrected chi connectivity index (χ2v) is 5.94. The molecule has 0 aromatic heterocycles. The summed E-state index contributed by atoms with van der Waals surface area (Å²) in [6, 6.07) is 4.39. The van der Waals surface area contributed by atoms with E-state index in [4.69, 9.17) is 11.6 Å². The maximum Gasteiger partial charge on any atom is 0.255 e. The highest BCUT2D eigenvalue weighted by Gasteiger charge is 2.23. The molecule has 1 aromatic rings. The van der Waals surface area contributed by atoms with E-state index in [1.54, 1.807) is 11.0 Å². The van der Waals surface area contributed by atoms with E-state index in [2.05, 4.69) is 5.32 Å². The van der Waals surface area contributed by atoms with Crippen LogP contribution < -0.4 is 5.32 Å². The van der Waals surface area contributed by atoms with Gasteiger partial charge in [-0.2, -0.15) is 0 Å². The van der Waals surface area contributed by atoms with Gasteiger partial charge < -0.3 is 10.2 Å². The van der Waals surface area contributed by atoms with Crippen molar-refractivity contribution >= 4 is 17.5 Å². The minimum Gasteiger partial charge on any atom is -0.338 e. The summed E-state index contributed by atoms with van der Waals surface area (Å²) in [5, 5.41) is 3.28. The van der Waals surface area contributed by atoms with Gasteiger partial charge in [0.1, 0.15) is 5.82 Å². The Bertz CT molecular complexity index is 489. The highest BCUT2D eigenvalue weighted by Crippen LogP contribution is 2.22. The van der Waals surface area contributed by atoms with Crippen LogP contribution in [0.4, 0.5) is 4.39 Å². The van der Waals surface area contributed by atoms with Gasteiger partial charge in [-0.25, -0.2) is 4.39 Å². The fourth-order valence-corrected chi connectivity index (χ4v) is 2.98. The van der Waals surface area contributed by atoms with Crippen molar-refractivity contribution in [2.75, 3.05) is 26.2 Å². The zero-order valence-electron chi connectivity index (χ0n) is 12.4. The number of carbonyl (C=O) groups excluding carboxylic acids is 1. The molecule has 0 spiro atoms. The van der Waals surface area contributed by atoms with E-state index >= 15 is 0 Å². The summed E-state index contributed by atoms with van der Waals surface area (Å²) in [7, 11) is 0. The van der Waals surface area contributed by atoms with Crippen LogP contribution in [0.5, 0.6) is 0 Å². The number of hydrogen-bond acceptors (Lipinski definition) is 2. The predicted molar refractivity (Wildman–Crippen MR) is 83.2 cm³/mol. The van der Waals surface area contributed by atoms with E-state index in [-0.39, 0.29) is 16.5 Å². The van der Waals surface area contributed by atoms with Crippen LogP contribution in [0.15, 0.2) is 18.2 Å². The lowest BCUT2D eigenvalue weighted by molar-refractivity contribution is 0.0718. The molecule has 0 aliphatic carbocycles. The summed E-state index contributed by atoms with van der Waals surface area (Å²) < 4.78 is 13.5. The molecule has 1 saturated heterocycles. The van der Waals surface area contributed by atoms with E-state index < -0.39 is 5.82 Å². The number of piperidine rings is 1. The number of halogens is 2. The standard InChI is InChI=1S/C16H22ClFN2O/c1-2-9-20(11-12-5-4-8-19-10-12)16(21)13-6-3-7-14(18)15(13)17/h3,6-7,12,19H,2,4-5,8-11H2,1H3. The van der Waals surface area contributed by atoms with Gasteiger partial charge in [0.15, 0.2) is 0 Å². The zero-order chi connectivity index (χ0) is 15.2. The van der Waals surface area contributed by atoms with Gasteiger partial charge in [-0.05, 0) is 50.4 Å². The summed E-state index contributed by atoms with van der Waals surface area (Å²) >= 11 is 5.94. The molecule has 0 bridgehead atoms. The van der Waals surface area contributed by atoms with Crippen molar-refractivity contribution in [2.45, 2.75) is 26.2 Å². The summed E-state index contributed by atoms with van der Waals surface area (Å²) in [5.74, 6) is -0.258. The van der Waals surface area contributed by atoms with Gasteiger partial charge in [-0.15, -0.1) is 0 Å². The van der Waals surface area contributed by atoms with Crippen LogP contribution in [-0.4, -0.2) is 37.0 Å². The maximum atomic E-state index is 13.5. The first-order valence-corrected chi connectivity index (χ1v) is 7.95. The second-order valence-electron chi connectivity index (χ2n) is 5.56. The first-order chi connectivity index (χ1) is 10.1. The second kappa shape index (κ2) is 7.76. The van der Waals surface area contributed by atoms with Crippen molar-refractivity contribution in [2.24, 2.45) is 5.92 Å². The Morgan fingerprint density at radius 3 is 3.00 bits per heavy atom. The number of amides is 1. The highest BCUT2D eigenvalue weighted by atomic mass is 35.5. The molecule has 2 rings (SSSR count). The van der Waals surface area contributed by atoms with Crippen LogP contribution in [0.2, 0.25) is 5.02 Å². The van der Waals surface area contributed by atoms with Crippen molar-refractivity contribution in [1.29, 1.82) is 0 Å². The summed E-state index contributed by atoms with van der Waals surface area (Å²) in [6.45, 7) is 5.39. The Hall–Kier alpha value is -1.13. The fourth-order valence-electron chi connectivity index (χ4n) is 2.78. The molecule has 0 saturated carbocycles.